The van der Waals surface area contributed by atoms with Crippen LogP contribution in [0.15, 0.2) is 60.7 Å². The molecule has 24 heavy (non-hydrogen) atoms. The average molecular weight is 324 g/mol. The maximum absolute atomic E-state index is 12.2. The summed E-state index contributed by atoms with van der Waals surface area (Å²) in [5, 5.41) is 6.47. The van der Waals surface area contributed by atoms with E-state index in [9.17, 15) is 4.79 Å². The van der Waals surface area contributed by atoms with Crippen LogP contribution >= 0.6 is 0 Å². The summed E-state index contributed by atoms with van der Waals surface area (Å²) in [6.07, 6.45) is 0.859. The van der Waals surface area contributed by atoms with Crippen LogP contribution in [0.3, 0.4) is 0 Å². The van der Waals surface area contributed by atoms with Gasteiger partial charge in [-0.3, -0.25) is 4.79 Å². The Balaban J connectivity index is 2.00. The first-order valence-electron chi connectivity index (χ1n) is 8.68. The fourth-order valence-corrected chi connectivity index (χ4v) is 2.53. The molecule has 0 heterocycles. The van der Waals surface area contributed by atoms with E-state index >= 15 is 0 Å². The quantitative estimate of drug-likeness (QED) is 0.777. The Morgan fingerprint density at radius 2 is 1.50 bits per heavy atom. The first kappa shape index (κ1) is 18.2. The Kier molecular flexibility index (Phi) is 7.01. The molecule has 0 aromatic heterocycles. The Morgan fingerprint density at radius 3 is 2.08 bits per heavy atom. The molecule has 0 aliphatic rings. The summed E-state index contributed by atoms with van der Waals surface area (Å²) in [5.41, 5.74) is 2.46. The predicted octanol–water partition coefficient (Wildman–Crippen LogP) is 3.72. The summed E-state index contributed by atoms with van der Waals surface area (Å²) >= 11 is 0. The summed E-state index contributed by atoms with van der Waals surface area (Å²) < 4.78 is 0. The van der Waals surface area contributed by atoms with E-state index in [-0.39, 0.29) is 18.0 Å². The van der Waals surface area contributed by atoms with E-state index in [0.29, 0.717) is 12.5 Å². The molecule has 0 radical (unpaired) electrons. The van der Waals surface area contributed by atoms with Crippen molar-refractivity contribution in [2.24, 2.45) is 5.92 Å². The molecule has 128 valence electrons. The first-order valence-corrected chi connectivity index (χ1v) is 8.68. The summed E-state index contributed by atoms with van der Waals surface area (Å²) in [6.45, 7) is 6.59. The SMILES string of the molecule is CC(C)C(C)NC(=O)CNC(Cc1ccccc1)c1ccccc1. The number of nitrogens with one attached hydrogen (secondary N) is 2. The Morgan fingerprint density at radius 1 is 0.917 bits per heavy atom. The van der Waals surface area contributed by atoms with E-state index in [4.69, 9.17) is 0 Å². The number of amides is 1. The third kappa shape index (κ3) is 5.82. The maximum Gasteiger partial charge on any atom is 0.234 e. The van der Waals surface area contributed by atoms with Gasteiger partial charge in [0.2, 0.25) is 5.91 Å². The van der Waals surface area contributed by atoms with Crippen LogP contribution in [0.1, 0.15) is 37.9 Å². The van der Waals surface area contributed by atoms with E-state index in [1.54, 1.807) is 0 Å². The highest BCUT2D eigenvalue weighted by Crippen LogP contribution is 2.18. The molecule has 2 rings (SSSR count). The molecule has 0 spiro atoms. The van der Waals surface area contributed by atoms with Crippen molar-refractivity contribution >= 4 is 5.91 Å². The summed E-state index contributed by atoms with van der Waals surface area (Å²) in [5.74, 6) is 0.480. The zero-order chi connectivity index (χ0) is 17.4. The minimum absolute atomic E-state index is 0.0465. The van der Waals surface area contributed by atoms with Crippen LogP contribution in [-0.2, 0) is 11.2 Å². The van der Waals surface area contributed by atoms with Gasteiger partial charge in [-0.25, -0.2) is 0 Å². The molecule has 3 heteroatoms. The molecule has 0 saturated heterocycles. The zero-order valence-corrected chi connectivity index (χ0v) is 14.8. The zero-order valence-electron chi connectivity index (χ0n) is 14.8. The van der Waals surface area contributed by atoms with Crippen molar-refractivity contribution in [3.63, 3.8) is 0 Å². The van der Waals surface area contributed by atoms with Crippen LogP contribution in [0.4, 0.5) is 0 Å². The van der Waals surface area contributed by atoms with Gasteiger partial charge in [-0.15, -0.1) is 0 Å². The highest BCUT2D eigenvalue weighted by atomic mass is 16.1. The molecule has 0 fully saturated rings. The molecule has 3 nitrogen and oxygen atoms in total. The fourth-order valence-electron chi connectivity index (χ4n) is 2.53. The van der Waals surface area contributed by atoms with Crippen LogP contribution in [0.5, 0.6) is 0 Å². The van der Waals surface area contributed by atoms with Crippen molar-refractivity contribution in [2.45, 2.75) is 39.3 Å². The molecule has 2 unspecified atom stereocenters. The van der Waals surface area contributed by atoms with E-state index in [2.05, 4.69) is 60.9 Å². The van der Waals surface area contributed by atoms with Crippen LogP contribution < -0.4 is 10.6 Å². The van der Waals surface area contributed by atoms with Crippen molar-refractivity contribution in [1.82, 2.24) is 10.6 Å². The highest BCUT2D eigenvalue weighted by molar-refractivity contribution is 5.78. The van der Waals surface area contributed by atoms with Crippen LogP contribution in [0, 0.1) is 5.92 Å². The molecule has 2 atom stereocenters. The summed E-state index contributed by atoms with van der Waals surface area (Å²) in [6, 6.07) is 21.0. The van der Waals surface area contributed by atoms with Gasteiger partial charge in [-0.05, 0) is 30.4 Å². The topological polar surface area (TPSA) is 41.1 Å². The molecular weight excluding hydrogens is 296 g/mol. The first-order chi connectivity index (χ1) is 11.6. The lowest BCUT2D eigenvalue weighted by molar-refractivity contribution is -0.121. The van der Waals surface area contributed by atoms with Gasteiger partial charge in [0.1, 0.15) is 0 Å². The second-order valence-corrected chi connectivity index (χ2v) is 6.63. The summed E-state index contributed by atoms with van der Waals surface area (Å²) in [4.78, 5) is 12.2. The van der Waals surface area contributed by atoms with Crippen molar-refractivity contribution in [2.75, 3.05) is 6.54 Å². The normalized spacial score (nSPS) is 13.5. The van der Waals surface area contributed by atoms with Gasteiger partial charge in [0.25, 0.3) is 0 Å². The lowest BCUT2D eigenvalue weighted by Gasteiger charge is -2.21. The molecule has 2 aromatic rings. The van der Waals surface area contributed by atoms with E-state index in [1.165, 1.54) is 11.1 Å². The van der Waals surface area contributed by atoms with Gasteiger partial charge in [0.05, 0.1) is 6.54 Å². The molecule has 0 bridgehead atoms. The Bertz CT molecular complexity index is 610. The second kappa shape index (κ2) is 9.24. The monoisotopic (exact) mass is 324 g/mol. The van der Waals surface area contributed by atoms with Gasteiger partial charge < -0.3 is 10.6 Å². The fraction of sp³-hybridized carbons (Fsp3) is 0.381. The second-order valence-electron chi connectivity index (χ2n) is 6.63. The number of benzene rings is 2. The highest BCUT2D eigenvalue weighted by Gasteiger charge is 2.15. The van der Waals surface area contributed by atoms with E-state index in [0.717, 1.165) is 6.42 Å². The van der Waals surface area contributed by atoms with Gasteiger partial charge in [0, 0.05) is 12.1 Å². The smallest absolute Gasteiger partial charge is 0.234 e. The van der Waals surface area contributed by atoms with Gasteiger partial charge in [0.15, 0.2) is 0 Å². The number of rotatable bonds is 8. The molecule has 0 saturated carbocycles. The average Bonchev–Trinajstić information content (AvgIpc) is 2.60. The van der Waals surface area contributed by atoms with Crippen molar-refractivity contribution in [1.29, 1.82) is 0 Å². The van der Waals surface area contributed by atoms with Crippen molar-refractivity contribution in [3.05, 3.63) is 71.8 Å². The molecule has 0 aliphatic heterocycles. The number of hydrogen-bond donors (Lipinski definition) is 2. The Labute approximate surface area is 145 Å². The third-order valence-electron chi connectivity index (χ3n) is 4.38. The van der Waals surface area contributed by atoms with Crippen LogP contribution in [0.2, 0.25) is 0 Å². The Hall–Kier alpha value is -2.13. The van der Waals surface area contributed by atoms with Gasteiger partial charge >= 0.3 is 0 Å². The molecule has 2 N–H and O–H groups in total. The number of carbonyl (C=O) groups excluding carboxylic acids is 1. The largest absolute Gasteiger partial charge is 0.352 e. The summed E-state index contributed by atoms with van der Waals surface area (Å²) in [7, 11) is 0. The third-order valence-corrected chi connectivity index (χ3v) is 4.38. The lowest BCUT2D eigenvalue weighted by Crippen LogP contribution is -2.42. The maximum atomic E-state index is 12.2. The minimum Gasteiger partial charge on any atom is -0.352 e. The van der Waals surface area contributed by atoms with Gasteiger partial charge in [-0.1, -0.05) is 74.5 Å². The van der Waals surface area contributed by atoms with Crippen LogP contribution in [-0.4, -0.2) is 18.5 Å². The number of carbonyl (C=O) groups is 1. The molecule has 0 aliphatic carbocycles. The standard InChI is InChI=1S/C21H28N2O/c1-16(2)17(3)23-21(24)15-22-20(19-12-8-5-9-13-19)14-18-10-6-4-7-11-18/h4-13,16-17,20,22H,14-15H2,1-3H3,(H,23,24). The number of hydrogen-bond acceptors (Lipinski definition) is 2. The molecule has 2 aromatic carbocycles. The molecular formula is C21H28N2O. The molecule has 1 amide bonds. The van der Waals surface area contributed by atoms with E-state index in [1.807, 2.05) is 31.2 Å². The minimum atomic E-state index is 0.0465. The van der Waals surface area contributed by atoms with Crippen LogP contribution in [0.25, 0.3) is 0 Å². The van der Waals surface area contributed by atoms with Gasteiger partial charge in [-0.2, -0.15) is 0 Å². The predicted molar refractivity (Wildman–Crippen MR) is 99.8 cm³/mol. The lowest BCUT2D eigenvalue weighted by atomic mass is 9.99. The van der Waals surface area contributed by atoms with Crippen molar-refractivity contribution in [3.8, 4) is 0 Å². The van der Waals surface area contributed by atoms with E-state index < -0.39 is 0 Å². The van der Waals surface area contributed by atoms with Crippen molar-refractivity contribution < 1.29 is 4.79 Å².